The van der Waals surface area contributed by atoms with E-state index in [1.807, 2.05) is 18.7 Å². The zero-order chi connectivity index (χ0) is 16.7. The number of carbonyl (C=O) groups is 1. The molecule has 2 heterocycles. The highest BCUT2D eigenvalue weighted by Crippen LogP contribution is 2.21. The highest BCUT2D eigenvalue weighted by atomic mass is 35.5. The number of nitrogens with two attached hydrogens (primary N) is 1. The number of hydrogen-bond acceptors (Lipinski definition) is 6. The van der Waals surface area contributed by atoms with Crippen LogP contribution in [0.5, 0.6) is 0 Å². The van der Waals surface area contributed by atoms with Gasteiger partial charge < -0.3 is 19.9 Å². The molecule has 0 saturated carbocycles. The highest BCUT2D eigenvalue weighted by molar-refractivity contribution is 7.99. The third-order valence-electron chi connectivity index (χ3n) is 4.15. The van der Waals surface area contributed by atoms with Gasteiger partial charge in [-0.1, -0.05) is 5.16 Å². The number of hydrogen-bond donors (Lipinski definition) is 1. The SMILES string of the molecule is Cc1noc(C)c1CSCC(=O)N1CCC(OCCCN)CC1.Cl. The summed E-state index contributed by atoms with van der Waals surface area (Å²) in [6, 6.07) is 0. The van der Waals surface area contributed by atoms with E-state index in [4.69, 9.17) is 15.0 Å². The van der Waals surface area contributed by atoms with Gasteiger partial charge in [-0.2, -0.15) is 0 Å². The molecule has 1 amide bonds. The summed E-state index contributed by atoms with van der Waals surface area (Å²) in [6.07, 6.45) is 3.02. The first kappa shape index (κ1) is 21.3. The third-order valence-corrected chi connectivity index (χ3v) is 5.09. The number of rotatable bonds is 8. The Morgan fingerprint density at radius 1 is 1.42 bits per heavy atom. The Hall–Kier alpha value is -0.760. The van der Waals surface area contributed by atoms with E-state index >= 15 is 0 Å². The van der Waals surface area contributed by atoms with Crippen LogP contribution in [0.15, 0.2) is 4.52 Å². The van der Waals surface area contributed by atoms with E-state index in [2.05, 4.69) is 5.16 Å². The average molecular weight is 378 g/mol. The summed E-state index contributed by atoms with van der Waals surface area (Å²) in [5.74, 6) is 2.33. The zero-order valence-electron chi connectivity index (χ0n) is 14.5. The minimum absolute atomic E-state index is 0. The molecule has 0 bridgehead atoms. The largest absolute Gasteiger partial charge is 0.378 e. The molecule has 1 aromatic rings. The van der Waals surface area contributed by atoms with Crippen molar-refractivity contribution in [1.82, 2.24) is 10.1 Å². The summed E-state index contributed by atoms with van der Waals surface area (Å²) in [7, 11) is 0. The van der Waals surface area contributed by atoms with Gasteiger partial charge in [-0.3, -0.25) is 4.79 Å². The van der Waals surface area contributed by atoms with Crippen LogP contribution in [0.4, 0.5) is 0 Å². The predicted octanol–water partition coefficient (Wildman–Crippen LogP) is 2.30. The number of nitrogens with zero attached hydrogens (tertiary/aromatic N) is 2. The smallest absolute Gasteiger partial charge is 0.232 e. The van der Waals surface area contributed by atoms with Crippen molar-refractivity contribution in [1.29, 1.82) is 0 Å². The van der Waals surface area contributed by atoms with Gasteiger partial charge in [-0.05, 0) is 39.7 Å². The van der Waals surface area contributed by atoms with Crippen molar-refractivity contribution in [2.45, 2.75) is 45.0 Å². The first-order valence-corrected chi connectivity index (χ1v) is 9.36. The predicted molar refractivity (Wildman–Crippen MR) is 98.6 cm³/mol. The van der Waals surface area contributed by atoms with E-state index < -0.39 is 0 Å². The number of likely N-dealkylation sites (tertiary alicyclic amines) is 1. The molecule has 0 spiro atoms. The first-order valence-electron chi connectivity index (χ1n) is 8.20. The molecular formula is C16H28ClN3O3S. The number of ether oxygens (including phenoxy) is 1. The van der Waals surface area contributed by atoms with Crippen LogP contribution < -0.4 is 5.73 Å². The van der Waals surface area contributed by atoms with E-state index in [0.717, 1.165) is 61.7 Å². The summed E-state index contributed by atoms with van der Waals surface area (Å²) in [5.41, 5.74) is 7.48. The second kappa shape index (κ2) is 11.0. The van der Waals surface area contributed by atoms with E-state index in [0.29, 0.717) is 12.3 Å². The monoisotopic (exact) mass is 377 g/mol. The van der Waals surface area contributed by atoms with Gasteiger partial charge >= 0.3 is 0 Å². The molecule has 24 heavy (non-hydrogen) atoms. The molecule has 0 unspecified atom stereocenters. The van der Waals surface area contributed by atoms with Gasteiger partial charge in [0.2, 0.25) is 5.91 Å². The molecule has 0 aliphatic carbocycles. The quantitative estimate of drug-likeness (QED) is 0.700. The van der Waals surface area contributed by atoms with Crippen molar-refractivity contribution in [3.63, 3.8) is 0 Å². The summed E-state index contributed by atoms with van der Waals surface area (Å²) < 4.78 is 10.9. The Balaban J connectivity index is 0.00000288. The number of aromatic nitrogens is 1. The van der Waals surface area contributed by atoms with Gasteiger partial charge in [0.15, 0.2) is 0 Å². The van der Waals surface area contributed by atoms with Crippen LogP contribution in [0.1, 0.15) is 36.3 Å². The summed E-state index contributed by atoms with van der Waals surface area (Å²) in [4.78, 5) is 14.2. The van der Waals surface area contributed by atoms with E-state index in [1.54, 1.807) is 11.8 Å². The van der Waals surface area contributed by atoms with Gasteiger partial charge in [0.05, 0.1) is 17.6 Å². The van der Waals surface area contributed by atoms with Crippen molar-refractivity contribution in [3.05, 3.63) is 17.0 Å². The third kappa shape index (κ3) is 6.27. The van der Waals surface area contributed by atoms with Crippen LogP contribution in [0.2, 0.25) is 0 Å². The van der Waals surface area contributed by atoms with Gasteiger partial charge in [0.25, 0.3) is 0 Å². The van der Waals surface area contributed by atoms with Crippen molar-refractivity contribution in [2.24, 2.45) is 5.73 Å². The van der Waals surface area contributed by atoms with Crippen LogP contribution >= 0.6 is 24.2 Å². The molecule has 1 aliphatic heterocycles. The molecule has 8 heteroatoms. The fourth-order valence-electron chi connectivity index (χ4n) is 2.64. The normalized spacial score (nSPS) is 15.4. The van der Waals surface area contributed by atoms with Gasteiger partial charge in [0.1, 0.15) is 5.76 Å². The molecule has 2 rings (SSSR count). The number of amides is 1. The number of piperidine rings is 1. The number of halogens is 1. The second-order valence-electron chi connectivity index (χ2n) is 5.89. The molecule has 1 aliphatic rings. The molecule has 0 radical (unpaired) electrons. The summed E-state index contributed by atoms with van der Waals surface area (Å²) in [6.45, 7) is 6.81. The van der Waals surface area contributed by atoms with Gasteiger partial charge in [-0.25, -0.2) is 0 Å². The lowest BCUT2D eigenvalue weighted by Crippen LogP contribution is -2.41. The summed E-state index contributed by atoms with van der Waals surface area (Å²) in [5, 5.41) is 3.94. The fourth-order valence-corrected chi connectivity index (χ4v) is 3.72. The van der Waals surface area contributed by atoms with Crippen LogP contribution in [0, 0.1) is 13.8 Å². The maximum Gasteiger partial charge on any atom is 0.232 e. The minimum Gasteiger partial charge on any atom is -0.378 e. The summed E-state index contributed by atoms with van der Waals surface area (Å²) >= 11 is 1.62. The fraction of sp³-hybridized carbons (Fsp3) is 0.750. The maximum atomic E-state index is 12.3. The average Bonchev–Trinajstić information content (AvgIpc) is 2.87. The number of aryl methyl sites for hydroxylation is 2. The Labute approximate surface area is 154 Å². The zero-order valence-corrected chi connectivity index (χ0v) is 16.1. The Kier molecular flexibility index (Phi) is 9.73. The molecule has 6 nitrogen and oxygen atoms in total. The van der Waals surface area contributed by atoms with Crippen LogP contribution in [-0.2, 0) is 15.3 Å². The Morgan fingerprint density at radius 2 is 2.12 bits per heavy atom. The molecule has 1 aromatic heterocycles. The van der Waals surface area contributed by atoms with Crippen molar-refractivity contribution in [2.75, 3.05) is 32.0 Å². The molecule has 2 N–H and O–H groups in total. The standard InChI is InChI=1S/C16H27N3O3S.ClH/c1-12-15(13(2)22-18-12)10-23-11-16(20)19-7-4-14(5-8-19)21-9-3-6-17;/h14H,3-11,17H2,1-2H3;1H. The molecule has 138 valence electrons. The molecule has 0 atom stereocenters. The number of carbonyl (C=O) groups excluding carboxylic acids is 1. The van der Waals surface area contributed by atoms with Crippen LogP contribution in [0.25, 0.3) is 0 Å². The van der Waals surface area contributed by atoms with E-state index in [1.165, 1.54) is 0 Å². The van der Waals surface area contributed by atoms with Gasteiger partial charge in [-0.15, -0.1) is 24.2 Å². The lowest BCUT2D eigenvalue weighted by molar-refractivity contribution is -0.130. The molecule has 1 saturated heterocycles. The Bertz CT molecular complexity index is 485. The van der Waals surface area contributed by atoms with Crippen molar-refractivity contribution >= 4 is 30.1 Å². The van der Waals surface area contributed by atoms with Gasteiger partial charge in [0, 0.05) is 31.0 Å². The van der Waals surface area contributed by atoms with E-state index in [9.17, 15) is 4.79 Å². The first-order chi connectivity index (χ1) is 11.1. The topological polar surface area (TPSA) is 81.6 Å². The van der Waals surface area contributed by atoms with Crippen molar-refractivity contribution < 1.29 is 14.1 Å². The number of thioether (sulfide) groups is 1. The van der Waals surface area contributed by atoms with E-state index in [-0.39, 0.29) is 24.4 Å². The van der Waals surface area contributed by atoms with Crippen LogP contribution in [-0.4, -0.2) is 54.1 Å². The Morgan fingerprint density at radius 3 is 2.71 bits per heavy atom. The minimum atomic E-state index is 0. The lowest BCUT2D eigenvalue weighted by Gasteiger charge is -2.32. The van der Waals surface area contributed by atoms with Crippen molar-refractivity contribution in [3.8, 4) is 0 Å². The second-order valence-corrected chi connectivity index (χ2v) is 6.87. The highest BCUT2D eigenvalue weighted by Gasteiger charge is 2.23. The lowest BCUT2D eigenvalue weighted by atomic mass is 10.1. The molecule has 0 aromatic carbocycles. The molecular weight excluding hydrogens is 350 g/mol. The molecule has 1 fully saturated rings. The maximum absolute atomic E-state index is 12.3. The van der Waals surface area contributed by atoms with Crippen LogP contribution in [0.3, 0.4) is 0 Å².